The van der Waals surface area contributed by atoms with Crippen molar-refractivity contribution >= 4 is 64.4 Å². The number of aromatic nitrogens is 1. The third-order valence-electron chi connectivity index (χ3n) is 4.50. The molecule has 0 aliphatic carbocycles. The fourth-order valence-corrected chi connectivity index (χ4v) is 6.96. The lowest BCUT2D eigenvalue weighted by molar-refractivity contribution is 0.262. The first kappa shape index (κ1) is 22.6. The minimum Gasteiger partial charge on any atom is -0.490 e. The van der Waals surface area contributed by atoms with Crippen LogP contribution in [0.25, 0.3) is 10.9 Å². The predicted octanol–water partition coefficient (Wildman–Crippen LogP) is 5.61. The molecule has 0 atom stereocenters. The van der Waals surface area contributed by atoms with E-state index in [-0.39, 0.29) is 4.90 Å². The Morgan fingerprint density at radius 2 is 1.79 bits per heavy atom. The maximum absolute atomic E-state index is 13.6. The fourth-order valence-electron chi connectivity index (χ4n) is 3.13. The van der Waals surface area contributed by atoms with Gasteiger partial charge in [-0.25, -0.2) is 12.4 Å². The molecule has 0 aliphatic rings. The lowest BCUT2D eigenvalue weighted by atomic mass is 10.2. The minimum absolute atomic E-state index is 0.185. The van der Waals surface area contributed by atoms with Crippen LogP contribution in [0.5, 0.6) is 5.75 Å². The van der Waals surface area contributed by atoms with E-state index in [1.54, 1.807) is 37.3 Å². The highest BCUT2D eigenvalue weighted by molar-refractivity contribution is 9.11. The standard InChI is InChI=1S/C20H21Br2ClN2O3S/c1-12-5-6-18(16(21)9-12)29(26,27)25-13(2)20(28-8-7-24(3)4)15-10-14(23)11-17(22)19(15)25/h5-6,9-11H,7-8H2,1-4H3. The van der Waals surface area contributed by atoms with Crippen molar-refractivity contribution in [1.82, 2.24) is 8.87 Å². The molecule has 0 spiro atoms. The van der Waals surface area contributed by atoms with Crippen LogP contribution in [0.2, 0.25) is 5.02 Å². The number of rotatable bonds is 6. The van der Waals surface area contributed by atoms with Gasteiger partial charge >= 0.3 is 0 Å². The summed E-state index contributed by atoms with van der Waals surface area (Å²) in [5.41, 5.74) is 1.96. The Hall–Kier alpha value is -1.06. The van der Waals surface area contributed by atoms with Crippen LogP contribution in [0.15, 0.2) is 44.2 Å². The number of fused-ring (bicyclic) bond motifs is 1. The third kappa shape index (κ3) is 4.37. The number of nitrogens with zero attached hydrogens (tertiary/aromatic N) is 2. The average molecular weight is 565 g/mol. The van der Waals surface area contributed by atoms with Crippen LogP contribution in [0, 0.1) is 13.8 Å². The van der Waals surface area contributed by atoms with Gasteiger partial charge in [-0.15, -0.1) is 0 Å². The first-order chi connectivity index (χ1) is 13.5. The van der Waals surface area contributed by atoms with Crippen molar-refractivity contribution in [2.75, 3.05) is 27.2 Å². The van der Waals surface area contributed by atoms with Crippen LogP contribution in [-0.2, 0) is 10.0 Å². The van der Waals surface area contributed by atoms with Gasteiger partial charge in [0.2, 0.25) is 0 Å². The summed E-state index contributed by atoms with van der Waals surface area (Å²) >= 11 is 13.1. The van der Waals surface area contributed by atoms with Gasteiger partial charge in [0.25, 0.3) is 10.0 Å². The summed E-state index contributed by atoms with van der Waals surface area (Å²) in [6, 6.07) is 8.59. The zero-order chi connectivity index (χ0) is 21.5. The molecule has 156 valence electrons. The minimum atomic E-state index is -3.89. The van der Waals surface area contributed by atoms with Crippen molar-refractivity contribution in [2.24, 2.45) is 0 Å². The maximum atomic E-state index is 13.6. The molecule has 0 radical (unpaired) electrons. The van der Waals surface area contributed by atoms with Gasteiger partial charge < -0.3 is 9.64 Å². The van der Waals surface area contributed by atoms with Crippen LogP contribution in [0.3, 0.4) is 0 Å². The van der Waals surface area contributed by atoms with Crippen LogP contribution in [-0.4, -0.2) is 44.5 Å². The Morgan fingerprint density at radius 3 is 2.41 bits per heavy atom. The van der Waals surface area contributed by atoms with E-state index in [0.29, 0.717) is 49.5 Å². The maximum Gasteiger partial charge on any atom is 0.269 e. The average Bonchev–Trinajstić information content (AvgIpc) is 2.87. The number of hydrogen-bond acceptors (Lipinski definition) is 4. The van der Waals surface area contributed by atoms with Gasteiger partial charge in [-0.05, 0) is 89.6 Å². The van der Waals surface area contributed by atoms with E-state index >= 15 is 0 Å². The molecule has 0 bridgehead atoms. The molecular weight excluding hydrogens is 544 g/mol. The zero-order valence-electron chi connectivity index (χ0n) is 16.5. The molecule has 0 fully saturated rings. The Labute approximate surface area is 192 Å². The molecule has 0 unspecified atom stereocenters. The van der Waals surface area contributed by atoms with Gasteiger partial charge in [-0.3, -0.25) is 0 Å². The van der Waals surface area contributed by atoms with E-state index in [4.69, 9.17) is 16.3 Å². The summed E-state index contributed by atoms with van der Waals surface area (Å²) in [6.45, 7) is 4.77. The Balaban J connectivity index is 2.28. The van der Waals surface area contributed by atoms with Gasteiger partial charge in [-0.1, -0.05) is 17.7 Å². The van der Waals surface area contributed by atoms with Crippen molar-refractivity contribution in [3.05, 3.63) is 55.6 Å². The van der Waals surface area contributed by atoms with E-state index in [1.807, 2.05) is 25.9 Å². The number of hydrogen-bond donors (Lipinski definition) is 0. The van der Waals surface area contributed by atoms with Gasteiger partial charge in [0.1, 0.15) is 17.3 Å². The summed E-state index contributed by atoms with van der Waals surface area (Å²) in [5, 5.41) is 1.14. The normalized spacial score (nSPS) is 12.1. The SMILES string of the molecule is Cc1ccc(S(=O)(=O)n2c(C)c(OCCN(C)C)c3cc(Cl)cc(Br)c32)c(Br)c1. The van der Waals surface area contributed by atoms with Crippen LogP contribution in [0.4, 0.5) is 0 Å². The highest BCUT2D eigenvalue weighted by Crippen LogP contribution is 2.41. The summed E-state index contributed by atoms with van der Waals surface area (Å²) < 4.78 is 35.7. The lowest BCUT2D eigenvalue weighted by Gasteiger charge is -2.13. The van der Waals surface area contributed by atoms with Crippen molar-refractivity contribution in [3.8, 4) is 5.75 Å². The molecule has 3 rings (SSSR count). The number of aryl methyl sites for hydroxylation is 1. The third-order valence-corrected chi connectivity index (χ3v) is 8.09. The summed E-state index contributed by atoms with van der Waals surface area (Å²) in [5.74, 6) is 0.511. The summed E-state index contributed by atoms with van der Waals surface area (Å²) in [6.07, 6.45) is 0. The molecule has 0 saturated carbocycles. The van der Waals surface area contributed by atoms with Crippen molar-refractivity contribution in [1.29, 1.82) is 0 Å². The van der Waals surface area contributed by atoms with Crippen molar-refractivity contribution in [2.45, 2.75) is 18.7 Å². The van der Waals surface area contributed by atoms with Gasteiger partial charge in [0, 0.05) is 25.9 Å². The monoisotopic (exact) mass is 562 g/mol. The quantitative estimate of drug-likeness (QED) is 0.390. The fraction of sp³-hybridized carbons (Fsp3) is 0.300. The highest BCUT2D eigenvalue weighted by Gasteiger charge is 2.29. The smallest absolute Gasteiger partial charge is 0.269 e. The van der Waals surface area contributed by atoms with E-state index in [2.05, 4.69) is 31.9 Å². The first-order valence-electron chi connectivity index (χ1n) is 8.83. The van der Waals surface area contributed by atoms with Crippen LogP contribution < -0.4 is 4.74 Å². The Morgan fingerprint density at radius 1 is 1.10 bits per heavy atom. The van der Waals surface area contributed by atoms with Gasteiger partial charge in [0.05, 0.1) is 11.2 Å². The molecule has 0 aliphatic heterocycles. The van der Waals surface area contributed by atoms with Crippen LogP contribution >= 0.6 is 43.5 Å². The second-order valence-electron chi connectivity index (χ2n) is 7.05. The molecule has 0 amide bonds. The van der Waals surface area contributed by atoms with E-state index in [1.165, 1.54) is 3.97 Å². The van der Waals surface area contributed by atoms with Gasteiger partial charge in [0.15, 0.2) is 0 Å². The molecule has 0 saturated heterocycles. The topological polar surface area (TPSA) is 51.5 Å². The molecule has 3 aromatic rings. The molecule has 1 heterocycles. The van der Waals surface area contributed by atoms with Crippen molar-refractivity contribution in [3.63, 3.8) is 0 Å². The highest BCUT2D eigenvalue weighted by atomic mass is 79.9. The number of halogens is 3. The van der Waals surface area contributed by atoms with Gasteiger partial charge in [-0.2, -0.15) is 0 Å². The summed E-state index contributed by atoms with van der Waals surface area (Å²) in [7, 11) is 0.00818. The molecule has 5 nitrogen and oxygen atoms in total. The lowest BCUT2D eigenvalue weighted by Crippen LogP contribution is -2.20. The Kier molecular flexibility index (Phi) is 6.70. The number of likely N-dealkylation sites (N-methyl/N-ethyl adjacent to an activating group) is 1. The molecule has 29 heavy (non-hydrogen) atoms. The van der Waals surface area contributed by atoms with E-state index in [9.17, 15) is 8.42 Å². The van der Waals surface area contributed by atoms with Crippen LogP contribution in [0.1, 0.15) is 11.3 Å². The molecule has 9 heteroatoms. The largest absolute Gasteiger partial charge is 0.490 e. The molecule has 1 aromatic heterocycles. The van der Waals surface area contributed by atoms with E-state index < -0.39 is 10.0 Å². The predicted molar refractivity (Wildman–Crippen MR) is 125 cm³/mol. The second-order valence-corrected chi connectivity index (χ2v) is 11.0. The molecule has 2 aromatic carbocycles. The molecule has 0 N–H and O–H groups in total. The number of ether oxygens (including phenoxy) is 1. The van der Waals surface area contributed by atoms with Crippen molar-refractivity contribution < 1.29 is 13.2 Å². The number of benzene rings is 2. The van der Waals surface area contributed by atoms with E-state index in [0.717, 1.165) is 5.56 Å². The summed E-state index contributed by atoms with van der Waals surface area (Å²) in [4.78, 5) is 2.18. The molecular formula is C20H21Br2ClN2O3S. The zero-order valence-corrected chi connectivity index (χ0v) is 21.2. The first-order valence-corrected chi connectivity index (χ1v) is 12.2. The Bertz CT molecular complexity index is 1190. The second kappa shape index (κ2) is 8.59.